The summed E-state index contributed by atoms with van der Waals surface area (Å²) in [5.74, 6) is 0.207. The molecule has 0 heterocycles. The Kier molecular flexibility index (Phi) is 4.89. The summed E-state index contributed by atoms with van der Waals surface area (Å²) in [5, 5.41) is 4.08. The molecule has 1 aromatic rings. The minimum Gasteiger partial charge on any atom is -0.349 e. The molecule has 0 saturated heterocycles. The minimum atomic E-state index is -0.0619. The molecular weight excluding hydrogens is 281 g/mol. The highest BCUT2D eigenvalue weighted by Gasteiger charge is 2.20. The number of hydrogen-bond donors (Lipinski definition) is 1. The zero-order valence-electron chi connectivity index (χ0n) is 10.8. The van der Waals surface area contributed by atoms with E-state index < -0.39 is 0 Å². The molecule has 0 aliphatic heterocycles. The fourth-order valence-corrected chi connectivity index (χ4v) is 2.53. The number of halogens is 2. The third-order valence-corrected chi connectivity index (χ3v) is 4.18. The second-order valence-corrected chi connectivity index (χ2v) is 5.70. The first kappa shape index (κ1) is 14.4. The highest BCUT2D eigenvalue weighted by molar-refractivity contribution is 6.42. The molecule has 102 valence electrons. The molecule has 2 atom stereocenters. The predicted molar refractivity (Wildman–Crippen MR) is 79.5 cm³/mol. The van der Waals surface area contributed by atoms with Gasteiger partial charge >= 0.3 is 0 Å². The van der Waals surface area contributed by atoms with Crippen LogP contribution >= 0.6 is 23.2 Å². The van der Waals surface area contributed by atoms with Gasteiger partial charge in [0.2, 0.25) is 5.91 Å². The van der Waals surface area contributed by atoms with Gasteiger partial charge in [0.1, 0.15) is 0 Å². The molecule has 1 aromatic carbocycles. The van der Waals surface area contributed by atoms with Crippen LogP contribution in [0.4, 0.5) is 0 Å². The first-order valence-corrected chi connectivity index (χ1v) is 7.24. The van der Waals surface area contributed by atoms with E-state index in [1.807, 2.05) is 13.0 Å². The Morgan fingerprint density at radius 2 is 2.11 bits per heavy atom. The van der Waals surface area contributed by atoms with Gasteiger partial charge in [0.15, 0.2) is 0 Å². The number of amides is 1. The first-order chi connectivity index (χ1) is 9.08. The van der Waals surface area contributed by atoms with Gasteiger partial charge < -0.3 is 5.32 Å². The normalized spacial score (nSPS) is 20.1. The van der Waals surface area contributed by atoms with Crippen LogP contribution < -0.4 is 5.32 Å². The Hall–Kier alpha value is -0.990. The molecular formula is C15H17Cl2NO. The van der Waals surface area contributed by atoms with Crippen LogP contribution in [0.25, 0.3) is 0 Å². The highest BCUT2D eigenvalue weighted by atomic mass is 35.5. The second kappa shape index (κ2) is 6.44. The van der Waals surface area contributed by atoms with Crippen LogP contribution in [0.1, 0.15) is 37.8 Å². The summed E-state index contributed by atoms with van der Waals surface area (Å²) < 4.78 is 0. The monoisotopic (exact) mass is 297 g/mol. The SMILES string of the molecule is CC(NC(=O)C1CC=CCC1)c1ccc(Cl)c(Cl)c1. The van der Waals surface area contributed by atoms with Gasteiger partial charge in [0, 0.05) is 5.92 Å². The van der Waals surface area contributed by atoms with Crippen molar-refractivity contribution in [2.45, 2.75) is 32.2 Å². The smallest absolute Gasteiger partial charge is 0.223 e. The molecule has 2 nitrogen and oxygen atoms in total. The van der Waals surface area contributed by atoms with E-state index in [1.54, 1.807) is 12.1 Å². The number of nitrogens with one attached hydrogen (secondary N) is 1. The topological polar surface area (TPSA) is 29.1 Å². The average Bonchev–Trinajstić information content (AvgIpc) is 2.42. The lowest BCUT2D eigenvalue weighted by Gasteiger charge is -2.21. The third-order valence-electron chi connectivity index (χ3n) is 3.44. The van der Waals surface area contributed by atoms with Crippen LogP contribution in [-0.2, 0) is 4.79 Å². The summed E-state index contributed by atoms with van der Waals surface area (Å²) in [6.07, 6.45) is 6.96. The molecule has 0 fully saturated rings. The molecule has 4 heteroatoms. The van der Waals surface area contributed by atoms with Crippen molar-refractivity contribution in [3.05, 3.63) is 46.0 Å². The maximum atomic E-state index is 12.1. The standard InChI is InChI=1S/C15H17Cl2NO/c1-10(12-7-8-13(16)14(17)9-12)18-15(19)11-5-3-2-4-6-11/h2-3,7-11H,4-6H2,1H3,(H,18,19). The Morgan fingerprint density at radius 3 is 2.74 bits per heavy atom. The molecule has 1 aliphatic rings. The summed E-state index contributed by atoms with van der Waals surface area (Å²) in [6, 6.07) is 5.38. The second-order valence-electron chi connectivity index (χ2n) is 4.89. The molecule has 1 aliphatic carbocycles. The summed E-state index contributed by atoms with van der Waals surface area (Å²) in [5.41, 5.74) is 0.967. The molecule has 1 amide bonds. The van der Waals surface area contributed by atoms with Crippen molar-refractivity contribution < 1.29 is 4.79 Å². The number of carbonyl (C=O) groups is 1. The van der Waals surface area contributed by atoms with E-state index in [0.717, 1.165) is 24.8 Å². The van der Waals surface area contributed by atoms with Crippen molar-refractivity contribution in [3.63, 3.8) is 0 Å². The summed E-state index contributed by atoms with van der Waals surface area (Å²) in [7, 11) is 0. The zero-order chi connectivity index (χ0) is 13.8. The van der Waals surface area contributed by atoms with Gasteiger partial charge in [-0.15, -0.1) is 0 Å². The lowest BCUT2D eigenvalue weighted by Crippen LogP contribution is -2.33. The van der Waals surface area contributed by atoms with Gasteiger partial charge in [-0.1, -0.05) is 41.4 Å². The predicted octanol–water partition coefficient (Wildman–Crippen LogP) is 4.53. The van der Waals surface area contributed by atoms with E-state index in [1.165, 1.54) is 0 Å². The molecule has 0 aromatic heterocycles. The van der Waals surface area contributed by atoms with E-state index in [4.69, 9.17) is 23.2 Å². The lowest BCUT2D eigenvalue weighted by molar-refractivity contribution is -0.125. The van der Waals surface area contributed by atoms with Gasteiger partial charge in [0.25, 0.3) is 0 Å². The number of allylic oxidation sites excluding steroid dienone is 2. The van der Waals surface area contributed by atoms with Crippen LogP contribution in [0.3, 0.4) is 0 Å². The van der Waals surface area contributed by atoms with Crippen molar-refractivity contribution in [1.82, 2.24) is 5.32 Å². The number of hydrogen-bond acceptors (Lipinski definition) is 1. The van der Waals surface area contributed by atoms with Gasteiger partial charge in [-0.3, -0.25) is 4.79 Å². The average molecular weight is 298 g/mol. The summed E-state index contributed by atoms with van der Waals surface area (Å²) in [4.78, 5) is 12.1. The van der Waals surface area contributed by atoms with Crippen molar-refractivity contribution in [2.24, 2.45) is 5.92 Å². The maximum Gasteiger partial charge on any atom is 0.223 e. The molecule has 0 radical (unpaired) electrons. The van der Waals surface area contributed by atoms with Crippen molar-refractivity contribution in [3.8, 4) is 0 Å². The van der Waals surface area contributed by atoms with E-state index in [0.29, 0.717) is 10.0 Å². The quantitative estimate of drug-likeness (QED) is 0.816. The van der Waals surface area contributed by atoms with Crippen molar-refractivity contribution in [2.75, 3.05) is 0 Å². The van der Waals surface area contributed by atoms with Crippen molar-refractivity contribution in [1.29, 1.82) is 0 Å². The van der Waals surface area contributed by atoms with E-state index in [2.05, 4.69) is 17.5 Å². The fourth-order valence-electron chi connectivity index (χ4n) is 2.23. The summed E-state index contributed by atoms with van der Waals surface area (Å²) >= 11 is 11.9. The Balaban J connectivity index is 1.99. The number of rotatable bonds is 3. The zero-order valence-corrected chi connectivity index (χ0v) is 12.3. The molecule has 0 saturated carbocycles. The van der Waals surface area contributed by atoms with E-state index in [-0.39, 0.29) is 17.9 Å². The third kappa shape index (κ3) is 3.74. The minimum absolute atomic E-state index is 0.0619. The van der Waals surface area contributed by atoms with E-state index >= 15 is 0 Å². The Bertz CT molecular complexity index is 499. The fraction of sp³-hybridized carbons (Fsp3) is 0.400. The van der Waals surface area contributed by atoms with Crippen LogP contribution in [0.2, 0.25) is 10.0 Å². The van der Waals surface area contributed by atoms with Crippen LogP contribution in [0.5, 0.6) is 0 Å². The molecule has 19 heavy (non-hydrogen) atoms. The van der Waals surface area contributed by atoms with Crippen LogP contribution in [-0.4, -0.2) is 5.91 Å². The van der Waals surface area contributed by atoms with Crippen LogP contribution in [0.15, 0.2) is 30.4 Å². The van der Waals surface area contributed by atoms with Gasteiger partial charge in [-0.05, 0) is 43.9 Å². The molecule has 2 rings (SSSR count). The lowest BCUT2D eigenvalue weighted by atomic mass is 9.93. The Morgan fingerprint density at radius 1 is 1.32 bits per heavy atom. The molecule has 0 bridgehead atoms. The van der Waals surface area contributed by atoms with Gasteiger partial charge in [0.05, 0.1) is 16.1 Å². The van der Waals surface area contributed by atoms with Crippen LogP contribution in [0, 0.1) is 5.92 Å². The Labute approximate surface area is 123 Å². The molecule has 2 unspecified atom stereocenters. The highest BCUT2D eigenvalue weighted by Crippen LogP contribution is 2.26. The molecule has 1 N–H and O–H groups in total. The summed E-state index contributed by atoms with van der Waals surface area (Å²) in [6.45, 7) is 1.95. The van der Waals surface area contributed by atoms with Gasteiger partial charge in [-0.25, -0.2) is 0 Å². The number of carbonyl (C=O) groups excluding carboxylic acids is 1. The molecule has 0 spiro atoms. The first-order valence-electron chi connectivity index (χ1n) is 6.48. The van der Waals surface area contributed by atoms with Crippen molar-refractivity contribution >= 4 is 29.1 Å². The van der Waals surface area contributed by atoms with E-state index in [9.17, 15) is 4.79 Å². The largest absolute Gasteiger partial charge is 0.349 e. The number of benzene rings is 1. The van der Waals surface area contributed by atoms with Gasteiger partial charge in [-0.2, -0.15) is 0 Å². The maximum absolute atomic E-state index is 12.1.